The molecule has 2 aromatic rings. The number of aromatic amines is 1. The first-order valence-electron chi connectivity index (χ1n) is 7.99. The Morgan fingerprint density at radius 3 is 2.61 bits per heavy atom. The van der Waals surface area contributed by atoms with Gasteiger partial charge in [0.25, 0.3) is 0 Å². The minimum absolute atomic E-state index is 0.182. The van der Waals surface area contributed by atoms with E-state index in [4.69, 9.17) is 23.2 Å². The van der Waals surface area contributed by atoms with Crippen LogP contribution in [0.25, 0.3) is 0 Å². The lowest BCUT2D eigenvalue weighted by molar-refractivity contribution is -0.0384. The van der Waals surface area contributed by atoms with E-state index in [9.17, 15) is 5.11 Å². The first kappa shape index (κ1) is 16.7. The van der Waals surface area contributed by atoms with Gasteiger partial charge in [-0.1, -0.05) is 23.7 Å². The van der Waals surface area contributed by atoms with Crippen molar-refractivity contribution in [2.75, 3.05) is 5.88 Å². The van der Waals surface area contributed by atoms with Crippen molar-refractivity contribution in [2.24, 2.45) is 11.8 Å². The monoisotopic (exact) mass is 353 g/mol. The summed E-state index contributed by atoms with van der Waals surface area (Å²) < 4.78 is 0. The van der Waals surface area contributed by atoms with Gasteiger partial charge in [0.15, 0.2) is 0 Å². The van der Waals surface area contributed by atoms with Gasteiger partial charge in [0.2, 0.25) is 0 Å². The normalized spacial score (nSPS) is 27.4. The number of aromatic nitrogens is 3. The number of nitrogens with zero attached hydrogens (tertiary/aromatic N) is 2. The summed E-state index contributed by atoms with van der Waals surface area (Å²) in [6.07, 6.45) is 5.62. The molecule has 0 aliphatic heterocycles. The maximum atomic E-state index is 11.5. The van der Waals surface area contributed by atoms with Crippen molar-refractivity contribution in [3.05, 3.63) is 47.0 Å². The maximum Gasteiger partial charge on any atom is 0.137 e. The summed E-state index contributed by atoms with van der Waals surface area (Å²) in [5.74, 6) is 1.68. The van der Waals surface area contributed by atoms with Gasteiger partial charge in [0, 0.05) is 17.3 Å². The second kappa shape index (κ2) is 7.20. The first-order valence-corrected chi connectivity index (χ1v) is 8.90. The van der Waals surface area contributed by atoms with E-state index in [2.05, 4.69) is 15.2 Å². The van der Waals surface area contributed by atoms with Gasteiger partial charge in [-0.15, -0.1) is 11.6 Å². The number of hydrogen-bond acceptors (Lipinski definition) is 3. The predicted octanol–water partition coefficient (Wildman–Crippen LogP) is 3.63. The minimum atomic E-state index is -0.798. The molecular weight excluding hydrogens is 333 g/mol. The Labute approximate surface area is 146 Å². The molecule has 1 aromatic carbocycles. The Hall–Kier alpha value is -1.10. The number of H-pyrrole nitrogens is 1. The van der Waals surface area contributed by atoms with E-state index in [1.807, 2.05) is 24.3 Å². The highest BCUT2D eigenvalue weighted by Crippen LogP contribution is 2.45. The largest absolute Gasteiger partial charge is 0.389 e. The Morgan fingerprint density at radius 2 is 1.96 bits per heavy atom. The fourth-order valence-electron chi connectivity index (χ4n) is 3.82. The van der Waals surface area contributed by atoms with Crippen molar-refractivity contribution in [2.45, 2.75) is 37.7 Å². The SMILES string of the molecule is OC1(Cc2ncn[nH]2)C(CCCl)CCC1Cc1ccc(Cl)cc1. The summed E-state index contributed by atoms with van der Waals surface area (Å²) in [7, 11) is 0. The van der Waals surface area contributed by atoms with E-state index < -0.39 is 5.60 Å². The number of alkyl halides is 1. The summed E-state index contributed by atoms with van der Waals surface area (Å²) in [4.78, 5) is 4.20. The molecule has 4 nitrogen and oxygen atoms in total. The van der Waals surface area contributed by atoms with E-state index >= 15 is 0 Å². The van der Waals surface area contributed by atoms with Gasteiger partial charge in [-0.05, 0) is 55.2 Å². The molecule has 1 fully saturated rings. The second-order valence-corrected chi connectivity index (χ2v) is 7.19. The number of halogens is 2. The summed E-state index contributed by atoms with van der Waals surface area (Å²) in [5.41, 5.74) is 0.399. The lowest BCUT2D eigenvalue weighted by Gasteiger charge is -2.35. The molecule has 3 rings (SSSR count). The highest BCUT2D eigenvalue weighted by molar-refractivity contribution is 6.30. The van der Waals surface area contributed by atoms with E-state index in [0.29, 0.717) is 12.3 Å². The van der Waals surface area contributed by atoms with Crippen LogP contribution in [-0.4, -0.2) is 31.8 Å². The fourth-order valence-corrected chi connectivity index (χ4v) is 4.21. The quantitative estimate of drug-likeness (QED) is 0.779. The second-order valence-electron chi connectivity index (χ2n) is 6.38. The molecule has 2 N–H and O–H groups in total. The molecule has 1 aliphatic rings. The minimum Gasteiger partial charge on any atom is -0.389 e. The summed E-state index contributed by atoms with van der Waals surface area (Å²) >= 11 is 11.9. The van der Waals surface area contributed by atoms with E-state index in [0.717, 1.165) is 36.5 Å². The van der Waals surface area contributed by atoms with Crippen LogP contribution in [0.1, 0.15) is 30.7 Å². The Balaban J connectivity index is 1.80. The molecule has 1 heterocycles. The summed E-state index contributed by atoms with van der Waals surface area (Å²) in [6.45, 7) is 0. The van der Waals surface area contributed by atoms with Gasteiger partial charge in [0.1, 0.15) is 12.2 Å². The smallest absolute Gasteiger partial charge is 0.137 e. The summed E-state index contributed by atoms with van der Waals surface area (Å²) in [6, 6.07) is 7.87. The first-order chi connectivity index (χ1) is 11.1. The number of hydrogen-bond donors (Lipinski definition) is 2. The topological polar surface area (TPSA) is 61.8 Å². The molecule has 0 amide bonds. The zero-order valence-electron chi connectivity index (χ0n) is 12.9. The van der Waals surface area contributed by atoms with Crippen LogP contribution in [0, 0.1) is 11.8 Å². The highest BCUT2D eigenvalue weighted by atomic mass is 35.5. The van der Waals surface area contributed by atoms with Crippen LogP contribution in [0.5, 0.6) is 0 Å². The fraction of sp³-hybridized carbons (Fsp3) is 0.529. The van der Waals surface area contributed by atoms with Crippen molar-refractivity contribution in [1.82, 2.24) is 15.2 Å². The molecule has 3 atom stereocenters. The molecular formula is C17H21Cl2N3O. The average molecular weight is 354 g/mol. The molecule has 1 aromatic heterocycles. The zero-order valence-corrected chi connectivity index (χ0v) is 14.4. The molecule has 1 saturated carbocycles. The average Bonchev–Trinajstić information content (AvgIpc) is 3.13. The predicted molar refractivity (Wildman–Crippen MR) is 91.7 cm³/mol. The van der Waals surface area contributed by atoms with Crippen LogP contribution < -0.4 is 0 Å². The van der Waals surface area contributed by atoms with Gasteiger partial charge in [-0.2, -0.15) is 5.10 Å². The molecule has 0 saturated heterocycles. The van der Waals surface area contributed by atoms with E-state index in [1.165, 1.54) is 11.9 Å². The van der Waals surface area contributed by atoms with Crippen LogP contribution in [0.4, 0.5) is 0 Å². The summed E-state index contributed by atoms with van der Waals surface area (Å²) in [5, 5.41) is 19.0. The van der Waals surface area contributed by atoms with Crippen LogP contribution in [0.15, 0.2) is 30.6 Å². The molecule has 1 aliphatic carbocycles. The molecule has 0 bridgehead atoms. The third-order valence-corrected chi connectivity index (χ3v) is 5.52. The Morgan fingerprint density at radius 1 is 1.22 bits per heavy atom. The van der Waals surface area contributed by atoms with Crippen LogP contribution in [-0.2, 0) is 12.8 Å². The lowest BCUT2D eigenvalue weighted by atomic mass is 9.77. The van der Waals surface area contributed by atoms with Crippen molar-refractivity contribution in [1.29, 1.82) is 0 Å². The Kier molecular flexibility index (Phi) is 5.24. The van der Waals surface area contributed by atoms with Crippen LogP contribution in [0.2, 0.25) is 5.02 Å². The third-order valence-electron chi connectivity index (χ3n) is 5.05. The molecule has 0 radical (unpaired) electrons. The number of benzene rings is 1. The molecule has 3 unspecified atom stereocenters. The maximum absolute atomic E-state index is 11.5. The number of aliphatic hydroxyl groups is 1. The number of nitrogens with one attached hydrogen (secondary N) is 1. The van der Waals surface area contributed by atoms with Crippen molar-refractivity contribution < 1.29 is 5.11 Å². The molecule has 6 heteroatoms. The molecule has 0 spiro atoms. The standard InChI is InChI=1S/C17H21Cl2N3O/c18-8-7-13-3-4-14(9-12-1-5-15(19)6-2-12)17(13,23)10-16-20-11-21-22-16/h1-2,5-6,11,13-14,23H,3-4,7-10H2,(H,20,21,22). The van der Waals surface area contributed by atoms with E-state index in [1.54, 1.807) is 0 Å². The van der Waals surface area contributed by atoms with Gasteiger partial charge in [0.05, 0.1) is 5.60 Å². The van der Waals surface area contributed by atoms with Crippen molar-refractivity contribution >= 4 is 23.2 Å². The highest BCUT2D eigenvalue weighted by Gasteiger charge is 2.48. The lowest BCUT2D eigenvalue weighted by Crippen LogP contribution is -2.43. The van der Waals surface area contributed by atoms with Gasteiger partial charge in [-0.25, -0.2) is 4.98 Å². The van der Waals surface area contributed by atoms with E-state index in [-0.39, 0.29) is 11.8 Å². The van der Waals surface area contributed by atoms with Crippen molar-refractivity contribution in [3.63, 3.8) is 0 Å². The number of rotatable bonds is 6. The van der Waals surface area contributed by atoms with Crippen molar-refractivity contribution in [3.8, 4) is 0 Å². The van der Waals surface area contributed by atoms with Crippen LogP contribution in [0.3, 0.4) is 0 Å². The Bertz CT molecular complexity index is 617. The van der Waals surface area contributed by atoms with Crippen LogP contribution >= 0.6 is 23.2 Å². The zero-order chi connectivity index (χ0) is 16.3. The van der Waals surface area contributed by atoms with Gasteiger partial charge >= 0.3 is 0 Å². The third kappa shape index (κ3) is 3.70. The van der Waals surface area contributed by atoms with Gasteiger partial charge in [-0.3, -0.25) is 5.10 Å². The molecule has 23 heavy (non-hydrogen) atoms. The van der Waals surface area contributed by atoms with Gasteiger partial charge < -0.3 is 5.11 Å². The molecule has 124 valence electrons.